The maximum absolute atomic E-state index is 8.65. The molecular weight excluding hydrogens is 421 g/mol. The fourth-order valence-electron chi connectivity index (χ4n) is 3.59. The molecule has 1 aliphatic carbocycles. The van der Waals surface area contributed by atoms with E-state index in [-0.39, 0.29) is 17.7 Å². The van der Waals surface area contributed by atoms with E-state index >= 15 is 0 Å². The third-order valence-electron chi connectivity index (χ3n) is 5.52. The van der Waals surface area contributed by atoms with Crippen LogP contribution in [0.5, 0.6) is 0 Å². The zero-order chi connectivity index (χ0) is 21.3. The average Bonchev–Trinajstić information content (AvgIpc) is 2.70. The van der Waals surface area contributed by atoms with Crippen molar-refractivity contribution in [3.05, 3.63) is 76.0 Å². The van der Waals surface area contributed by atoms with E-state index in [1.165, 1.54) is 0 Å². The molecule has 30 heavy (non-hydrogen) atoms. The van der Waals surface area contributed by atoms with Crippen molar-refractivity contribution in [2.24, 2.45) is 4.99 Å². The zero-order valence-corrected chi connectivity index (χ0v) is 17.5. The number of nitrogen functional groups attached to an aromatic ring is 1. The first-order valence-corrected chi connectivity index (χ1v) is 10.2. The third-order valence-corrected chi connectivity index (χ3v) is 6.26. The summed E-state index contributed by atoms with van der Waals surface area (Å²) in [7, 11) is 0. The van der Waals surface area contributed by atoms with Crippen LogP contribution < -0.4 is 5.73 Å². The van der Waals surface area contributed by atoms with Crippen LogP contribution in [0.2, 0.25) is 10.0 Å². The molecule has 0 unspecified atom stereocenters. The first-order chi connectivity index (χ1) is 14.4. The number of halogens is 2. The SMILES string of the molecule is N=C(N=C([OH2+])c1ccc(Cl)c(Cl)c1)C1(c2ccc(-c3cnc(N)nc3)cc2)CCC1. The number of hydrogen-bond acceptors (Lipinski definition) is 4. The highest BCUT2D eigenvalue weighted by atomic mass is 35.5. The van der Waals surface area contributed by atoms with Crippen molar-refractivity contribution in [1.82, 2.24) is 9.97 Å². The van der Waals surface area contributed by atoms with Gasteiger partial charge in [-0.25, -0.2) is 9.97 Å². The number of benzene rings is 2. The summed E-state index contributed by atoms with van der Waals surface area (Å²) in [6.07, 6.45) is 6.05. The van der Waals surface area contributed by atoms with Crippen LogP contribution in [0.25, 0.3) is 11.1 Å². The number of rotatable bonds is 4. The maximum atomic E-state index is 8.65. The van der Waals surface area contributed by atoms with E-state index in [4.69, 9.17) is 39.5 Å². The molecule has 0 amide bonds. The Morgan fingerprint density at radius 2 is 1.67 bits per heavy atom. The van der Waals surface area contributed by atoms with E-state index in [2.05, 4.69) is 15.0 Å². The topological polar surface area (TPSA) is 111 Å². The van der Waals surface area contributed by atoms with Crippen LogP contribution in [0.3, 0.4) is 0 Å². The molecule has 6 nitrogen and oxygen atoms in total. The summed E-state index contributed by atoms with van der Waals surface area (Å²) in [6, 6.07) is 12.9. The van der Waals surface area contributed by atoms with Gasteiger partial charge in [-0.15, -0.1) is 4.99 Å². The summed E-state index contributed by atoms with van der Waals surface area (Å²) in [6.45, 7) is 0. The van der Waals surface area contributed by atoms with Crippen LogP contribution in [0.4, 0.5) is 5.95 Å². The van der Waals surface area contributed by atoms with Crippen LogP contribution in [0.15, 0.2) is 59.9 Å². The van der Waals surface area contributed by atoms with Gasteiger partial charge < -0.3 is 10.8 Å². The molecule has 0 radical (unpaired) electrons. The molecule has 3 aromatic rings. The molecule has 2 aromatic carbocycles. The first-order valence-electron chi connectivity index (χ1n) is 9.42. The van der Waals surface area contributed by atoms with Crippen molar-refractivity contribution in [2.75, 3.05) is 5.73 Å². The van der Waals surface area contributed by atoms with Gasteiger partial charge >= 0.3 is 5.90 Å². The normalized spacial score (nSPS) is 15.5. The summed E-state index contributed by atoms with van der Waals surface area (Å²) in [5, 5.41) is 17.7. The minimum Gasteiger partial charge on any atom is -0.578 e. The van der Waals surface area contributed by atoms with Gasteiger partial charge in [0.05, 0.1) is 21.0 Å². The number of amidine groups is 1. The number of nitrogens with zero attached hydrogens (tertiary/aromatic N) is 3. The van der Waals surface area contributed by atoms with E-state index in [1.807, 2.05) is 24.3 Å². The number of hydrogen-bond donors (Lipinski definition) is 2. The molecule has 1 heterocycles. The first kappa shape index (κ1) is 20.3. The molecule has 1 fully saturated rings. The van der Waals surface area contributed by atoms with E-state index in [1.54, 1.807) is 30.6 Å². The van der Waals surface area contributed by atoms with E-state index in [0.717, 1.165) is 36.0 Å². The molecule has 1 aromatic heterocycles. The van der Waals surface area contributed by atoms with Crippen LogP contribution in [0, 0.1) is 5.41 Å². The Balaban J connectivity index is 1.60. The summed E-state index contributed by atoms with van der Waals surface area (Å²) in [5.74, 6) is 0.428. The van der Waals surface area contributed by atoms with Crippen molar-refractivity contribution < 1.29 is 5.11 Å². The number of anilines is 1. The largest absolute Gasteiger partial charge is 0.578 e. The summed E-state index contributed by atoms with van der Waals surface area (Å²) < 4.78 is 0. The predicted octanol–water partition coefficient (Wildman–Crippen LogP) is 4.60. The third kappa shape index (κ3) is 3.76. The summed E-state index contributed by atoms with van der Waals surface area (Å²) in [4.78, 5) is 12.4. The highest BCUT2D eigenvalue weighted by Gasteiger charge is 2.43. The van der Waals surface area contributed by atoms with Crippen LogP contribution in [-0.2, 0) is 5.41 Å². The highest BCUT2D eigenvalue weighted by Crippen LogP contribution is 2.45. The molecular formula is C22H20Cl2N5O+. The smallest absolute Gasteiger partial charge is 0.366 e. The van der Waals surface area contributed by atoms with Crippen LogP contribution in [0.1, 0.15) is 30.4 Å². The predicted molar refractivity (Wildman–Crippen MR) is 122 cm³/mol. The van der Waals surface area contributed by atoms with E-state index < -0.39 is 5.41 Å². The number of aromatic nitrogens is 2. The Hall–Kier alpha value is -2.96. The Kier molecular flexibility index (Phi) is 5.45. The lowest BCUT2D eigenvalue weighted by molar-refractivity contribution is 0.336. The fourth-order valence-corrected chi connectivity index (χ4v) is 3.89. The van der Waals surface area contributed by atoms with Gasteiger partial charge in [-0.1, -0.05) is 53.9 Å². The molecule has 8 heteroatoms. The standard InChI is InChI=1S/C22H19Cl2N5O/c23-17-7-4-14(10-18(17)24)19(30)29-20(25)22(8-1-9-22)16-5-2-13(3-6-16)15-11-27-21(26)28-12-15/h2-7,10-12H,1,8-9H2,(H2,25,29,30)(H2,26,27,28)/p+1. The lowest BCUT2D eigenvalue weighted by Crippen LogP contribution is -2.41. The lowest BCUT2D eigenvalue weighted by Gasteiger charge is -2.41. The van der Waals surface area contributed by atoms with Gasteiger partial charge in [0, 0.05) is 18.0 Å². The highest BCUT2D eigenvalue weighted by molar-refractivity contribution is 6.42. The monoisotopic (exact) mass is 440 g/mol. The average molecular weight is 441 g/mol. The van der Waals surface area contributed by atoms with Gasteiger partial charge in [0.25, 0.3) is 0 Å². The number of nitrogens with two attached hydrogens (primary N) is 1. The van der Waals surface area contributed by atoms with Crippen molar-refractivity contribution in [2.45, 2.75) is 24.7 Å². The molecule has 5 N–H and O–H groups in total. The minimum absolute atomic E-state index is 0.000449. The van der Waals surface area contributed by atoms with Crippen LogP contribution in [-0.4, -0.2) is 26.8 Å². The maximum Gasteiger partial charge on any atom is 0.366 e. The fraction of sp³-hybridized carbons (Fsp3) is 0.182. The lowest BCUT2D eigenvalue weighted by atomic mass is 9.63. The molecule has 1 saturated carbocycles. The minimum atomic E-state index is -0.474. The molecule has 0 atom stereocenters. The zero-order valence-electron chi connectivity index (χ0n) is 16.0. The second kappa shape index (κ2) is 8.05. The molecule has 152 valence electrons. The number of nitrogens with one attached hydrogen (secondary N) is 1. The van der Waals surface area contributed by atoms with Crippen molar-refractivity contribution in [1.29, 1.82) is 5.41 Å². The van der Waals surface area contributed by atoms with E-state index in [9.17, 15) is 0 Å². The molecule has 0 spiro atoms. The second-order valence-electron chi connectivity index (χ2n) is 7.28. The molecule has 1 aliphatic rings. The van der Waals surface area contributed by atoms with Gasteiger partial charge in [-0.05, 0) is 42.2 Å². The summed E-state index contributed by atoms with van der Waals surface area (Å²) >= 11 is 12.0. The van der Waals surface area contributed by atoms with Gasteiger partial charge in [-0.3, -0.25) is 5.41 Å². The quantitative estimate of drug-likeness (QED) is 0.351. The Morgan fingerprint density at radius 3 is 2.23 bits per heavy atom. The Morgan fingerprint density at radius 1 is 1.00 bits per heavy atom. The molecule has 0 bridgehead atoms. The van der Waals surface area contributed by atoms with Gasteiger partial charge in [0.1, 0.15) is 5.84 Å². The van der Waals surface area contributed by atoms with Crippen molar-refractivity contribution in [3.63, 3.8) is 0 Å². The van der Waals surface area contributed by atoms with Gasteiger partial charge in [-0.2, -0.15) is 0 Å². The molecule has 0 saturated heterocycles. The second-order valence-corrected chi connectivity index (χ2v) is 8.10. The van der Waals surface area contributed by atoms with Gasteiger partial charge in [0.15, 0.2) is 0 Å². The van der Waals surface area contributed by atoms with Crippen molar-refractivity contribution >= 4 is 40.9 Å². The van der Waals surface area contributed by atoms with Gasteiger partial charge in [0.2, 0.25) is 5.95 Å². The number of aliphatic imine (C=N–C) groups is 1. The Labute approximate surface area is 183 Å². The van der Waals surface area contributed by atoms with E-state index in [0.29, 0.717) is 15.6 Å². The Bertz CT molecular complexity index is 1120. The van der Waals surface area contributed by atoms with Crippen LogP contribution >= 0.6 is 23.2 Å². The molecule has 4 rings (SSSR count). The summed E-state index contributed by atoms with van der Waals surface area (Å²) in [5.41, 5.74) is 8.48. The van der Waals surface area contributed by atoms with Crippen molar-refractivity contribution in [3.8, 4) is 11.1 Å². The molecule has 0 aliphatic heterocycles.